The molecule has 1 heterocycles. The molecule has 170 valence electrons. The minimum Gasteiger partial charge on any atom is -0.493 e. The van der Waals surface area contributed by atoms with Gasteiger partial charge >= 0.3 is 0 Å². The number of hydrogen-bond acceptors (Lipinski definition) is 5. The fourth-order valence-electron chi connectivity index (χ4n) is 3.91. The van der Waals surface area contributed by atoms with Gasteiger partial charge in [0.05, 0.1) is 19.1 Å². The largest absolute Gasteiger partial charge is 0.493 e. The van der Waals surface area contributed by atoms with E-state index in [1.54, 1.807) is 26.4 Å². The second kappa shape index (κ2) is 10.5. The number of sulfonamides is 1. The van der Waals surface area contributed by atoms with Crippen molar-refractivity contribution in [1.29, 1.82) is 0 Å². The molecule has 1 aliphatic rings. The molecule has 0 aromatic heterocycles. The maximum absolute atomic E-state index is 12.5. The fraction of sp³-hybridized carbons (Fsp3) is 0.500. The number of benzene rings is 2. The predicted octanol–water partition coefficient (Wildman–Crippen LogP) is 3.94. The molecule has 6 nitrogen and oxygen atoms in total. The van der Waals surface area contributed by atoms with Crippen LogP contribution >= 0.6 is 0 Å². The van der Waals surface area contributed by atoms with Crippen molar-refractivity contribution < 1.29 is 17.9 Å². The van der Waals surface area contributed by atoms with Crippen LogP contribution in [0.1, 0.15) is 49.3 Å². The van der Waals surface area contributed by atoms with Crippen molar-refractivity contribution in [2.75, 3.05) is 33.9 Å². The Hall–Kier alpha value is -2.09. The van der Waals surface area contributed by atoms with E-state index in [4.69, 9.17) is 9.47 Å². The second-order valence-corrected chi connectivity index (χ2v) is 10.1. The molecule has 0 unspecified atom stereocenters. The number of rotatable bonds is 10. The summed E-state index contributed by atoms with van der Waals surface area (Å²) in [4.78, 5) is 2.74. The Labute approximate surface area is 186 Å². The third kappa shape index (κ3) is 5.99. The zero-order chi connectivity index (χ0) is 22.4. The molecular formula is C24H34N2O4S. The number of unbranched alkanes of at least 4 members (excludes halogenated alkanes) is 1. The van der Waals surface area contributed by atoms with Crippen LogP contribution in [0, 0.1) is 0 Å². The summed E-state index contributed by atoms with van der Waals surface area (Å²) >= 11 is 0. The number of hydrogen-bond donors (Lipinski definition) is 1. The lowest BCUT2D eigenvalue weighted by Gasteiger charge is -2.29. The number of ether oxygens (including phenoxy) is 2. The van der Waals surface area contributed by atoms with Gasteiger partial charge in [0.1, 0.15) is 0 Å². The molecule has 0 bridgehead atoms. The fourth-order valence-corrected chi connectivity index (χ4v) is 4.99. The van der Waals surface area contributed by atoms with Crippen LogP contribution in [0.3, 0.4) is 0 Å². The van der Waals surface area contributed by atoms with Gasteiger partial charge in [0.25, 0.3) is 0 Å². The molecule has 0 atom stereocenters. The van der Waals surface area contributed by atoms with Crippen molar-refractivity contribution in [3.63, 3.8) is 0 Å². The molecule has 3 rings (SSSR count). The van der Waals surface area contributed by atoms with Gasteiger partial charge in [0, 0.05) is 19.6 Å². The Kier molecular flexibility index (Phi) is 7.97. The summed E-state index contributed by atoms with van der Waals surface area (Å²) in [5.41, 5.74) is 3.72. The topological polar surface area (TPSA) is 67.9 Å². The van der Waals surface area contributed by atoms with E-state index in [-0.39, 0.29) is 0 Å². The first kappa shape index (κ1) is 23.6. The van der Waals surface area contributed by atoms with E-state index in [9.17, 15) is 8.42 Å². The van der Waals surface area contributed by atoms with Gasteiger partial charge in [-0.2, -0.15) is 0 Å². The quantitative estimate of drug-likeness (QED) is 0.560. The van der Waals surface area contributed by atoms with Crippen molar-refractivity contribution in [2.24, 2.45) is 0 Å². The first-order valence-electron chi connectivity index (χ1n) is 10.9. The van der Waals surface area contributed by atoms with Gasteiger partial charge in [-0.3, -0.25) is 4.90 Å². The van der Waals surface area contributed by atoms with Gasteiger partial charge in [-0.1, -0.05) is 26.0 Å². The number of methoxy groups -OCH3 is 2. The van der Waals surface area contributed by atoms with Crippen molar-refractivity contribution in [3.8, 4) is 11.5 Å². The molecule has 0 amide bonds. The molecule has 7 heteroatoms. The Balaban J connectivity index is 1.45. The molecule has 1 aliphatic heterocycles. The molecule has 1 N–H and O–H groups in total. The monoisotopic (exact) mass is 446 g/mol. The second-order valence-electron chi connectivity index (χ2n) is 8.33. The molecule has 0 aliphatic carbocycles. The van der Waals surface area contributed by atoms with Crippen LogP contribution in [-0.2, 0) is 23.0 Å². The van der Waals surface area contributed by atoms with Crippen LogP contribution in [0.2, 0.25) is 0 Å². The molecular weight excluding hydrogens is 412 g/mol. The summed E-state index contributed by atoms with van der Waals surface area (Å²) in [5.74, 6) is 1.93. The molecule has 2 aromatic rings. The highest BCUT2D eigenvalue weighted by molar-refractivity contribution is 7.89. The number of nitrogens with zero attached hydrogens (tertiary/aromatic N) is 1. The van der Waals surface area contributed by atoms with E-state index in [0.29, 0.717) is 17.4 Å². The van der Waals surface area contributed by atoms with E-state index in [2.05, 4.69) is 35.6 Å². The van der Waals surface area contributed by atoms with Crippen LogP contribution in [0.4, 0.5) is 0 Å². The van der Waals surface area contributed by atoms with Crippen LogP contribution < -0.4 is 14.2 Å². The van der Waals surface area contributed by atoms with Crippen molar-refractivity contribution in [2.45, 2.75) is 50.5 Å². The highest BCUT2D eigenvalue weighted by Crippen LogP contribution is 2.33. The Morgan fingerprint density at radius 3 is 2.26 bits per heavy atom. The maximum Gasteiger partial charge on any atom is 0.240 e. The lowest BCUT2D eigenvalue weighted by atomic mass is 9.98. The third-order valence-corrected chi connectivity index (χ3v) is 7.32. The summed E-state index contributed by atoms with van der Waals surface area (Å²) in [6, 6.07) is 11.3. The summed E-state index contributed by atoms with van der Waals surface area (Å²) in [6.45, 7) is 7.45. The van der Waals surface area contributed by atoms with Gasteiger partial charge in [-0.15, -0.1) is 0 Å². The van der Waals surface area contributed by atoms with Crippen LogP contribution in [0.25, 0.3) is 0 Å². The van der Waals surface area contributed by atoms with Gasteiger partial charge in [0.15, 0.2) is 11.5 Å². The minimum atomic E-state index is -3.45. The van der Waals surface area contributed by atoms with Crippen molar-refractivity contribution >= 4 is 10.0 Å². The third-order valence-electron chi connectivity index (χ3n) is 5.85. The lowest BCUT2D eigenvalue weighted by Crippen LogP contribution is -2.32. The molecule has 0 saturated carbocycles. The Morgan fingerprint density at radius 1 is 1.00 bits per heavy atom. The van der Waals surface area contributed by atoms with Crippen LogP contribution in [0.5, 0.6) is 11.5 Å². The smallest absolute Gasteiger partial charge is 0.240 e. The minimum absolute atomic E-state index is 0.328. The lowest BCUT2D eigenvalue weighted by molar-refractivity contribution is 0.248. The van der Waals surface area contributed by atoms with Crippen molar-refractivity contribution in [3.05, 3.63) is 53.1 Å². The molecule has 0 spiro atoms. The molecule has 31 heavy (non-hydrogen) atoms. The number of fused-ring (bicyclic) bond motifs is 1. The highest BCUT2D eigenvalue weighted by atomic mass is 32.2. The van der Waals surface area contributed by atoms with Gasteiger partial charge < -0.3 is 9.47 Å². The average Bonchev–Trinajstić information content (AvgIpc) is 2.77. The Bertz CT molecular complexity index is 972. The maximum atomic E-state index is 12.5. The van der Waals surface area contributed by atoms with Gasteiger partial charge in [-0.25, -0.2) is 13.1 Å². The molecule has 0 saturated heterocycles. The van der Waals surface area contributed by atoms with E-state index >= 15 is 0 Å². The summed E-state index contributed by atoms with van der Waals surface area (Å²) < 4.78 is 38.5. The molecule has 2 aromatic carbocycles. The zero-order valence-electron chi connectivity index (χ0n) is 19.0. The van der Waals surface area contributed by atoms with Crippen LogP contribution in [-0.4, -0.2) is 47.2 Å². The van der Waals surface area contributed by atoms with E-state index in [0.717, 1.165) is 56.0 Å². The standard InChI is InChI=1S/C24H34N2O4S/c1-18(2)19-7-9-22(10-8-19)31(27,28)25-12-5-6-13-26-14-11-20-15-23(29-3)24(30-4)16-21(20)17-26/h7-10,15-16,18,25H,5-6,11-14,17H2,1-4H3. The summed E-state index contributed by atoms with van der Waals surface area (Å²) in [6.07, 6.45) is 2.73. The first-order chi connectivity index (χ1) is 14.8. The Morgan fingerprint density at radius 2 is 1.65 bits per heavy atom. The molecule has 0 radical (unpaired) electrons. The average molecular weight is 447 g/mol. The molecule has 0 fully saturated rings. The predicted molar refractivity (Wildman–Crippen MR) is 123 cm³/mol. The summed E-state index contributed by atoms with van der Waals surface area (Å²) in [5, 5.41) is 0. The summed E-state index contributed by atoms with van der Waals surface area (Å²) in [7, 11) is -0.133. The SMILES string of the molecule is COc1cc2c(cc1OC)CN(CCCCNS(=O)(=O)c1ccc(C(C)C)cc1)CC2. The zero-order valence-corrected chi connectivity index (χ0v) is 19.8. The first-order valence-corrected chi connectivity index (χ1v) is 12.4. The normalized spacial score (nSPS) is 14.5. The van der Waals surface area contributed by atoms with Gasteiger partial charge in [0.2, 0.25) is 10.0 Å². The number of nitrogens with one attached hydrogen (secondary N) is 1. The van der Waals surface area contributed by atoms with E-state index in [1.807, 2.05) is 12.1 Å². The van der Waals surface area contributed by atoms with Crippen LogP contribution in [0.15, 0.2) is 41.3 Å². The van der Waals surface area contributed by atoms with Crippen molar-refractivity contribution in [1.82, 2.24) is 9.62 Å². The van der Waals surface area contributed by atoms with E-state index in [1.165, 1.54) is 11.1 Å². The van der Waals surface area contributed by atoms with Gasteiger partial charge in [-0.05, 0) is 72.7 Å². The highest BCUT2D eigenvalue weighted by Gasteiger charge is 2.19. The van der Waals surface area contributed by atoms with E-state index < -0.39 is 10.0 Å².